The minimum atomic E-state index is 0.424. The SMILES string of the molecule is CCOc1ccc(C=CC(C)c2ccccc2)cc1. The van der Waals surface area contributed by atoms with Crippen LogP contribution in [0.3, 0.4) is 0 Å². The quantitative estimate of drug-likeness (QED) is 0.735. The summed E-state index contributed by atoms with van der Waals surface area (Å²) in [5.74, 6) is 1.35. The lowest BCUT2D eigenvalue weighted by Gasteiger charge is -2.06. The van der Waals surface area contributed by atoms with Crippen molar-refractivity contribution < 1.29 is 4.74 Å². The summed E-state index contributed by atoms with van der Waals surface area (Å²) in [5, 5.41) is 0. The highest BCUT2D eigenvalue weighted by Crippen LogP contribution is 2.18. The van der Waals surface area contributed by atoms with Gasteiger partial charge in [-0.3, -0.25) is 0 Å². The molecule has 98 valence electrons. The maximum Gasteiger partial charge on any atom is 0.119 e. The van der Waals surface area contributed by atoms with Crippen LogP contribution in [0.5, 0.6) is 5.75 Å². The van der Waals surface area contributed by atoms with Gasteiger partial charge in [0.05, 0.1) is 6.61 Å². The van der Waals surface area contributed by atoms with Gasteiger partial charge in [-0.25, -0.2) is 0 Å². The largest absolute Gasteiger partial charge is 0.494 e. The van der Waals surface area contributed by atoms with Crippen molar-refractivity contribution in [3.05, 3.63) is 71.8 Å². The first kappa shape index (κ1) is 13.4. The van der Waals surface area contributed by atoms with E-state index in [1.165, 1.54) is 11.1 Å². The standard InChI is InChI=1S/C18H20O/c1-3-19-18-13-11-16(12-14-18)10-9-15(2)17-7-5-4-6-8-17/h4-15H,3H2,1-2H3. The molecule has 1 heteroatoms. The van der Waals surface area contributed by atoms with Crippen LogP contribution in [0.15, 0.2) is 60.7 Å². The molecule has 0 N–H and O–H groups in total. The predicted octanol–water partition coefficient (Wildman–Crippen LogP) is 4.90. The number of ether oxygens (including phenoxy) is 1. The molecule has 0 aliphatic carbocycles. The second-order valence-corrected chi connectivity index (χ2v) is 4.56. The van der Waals surface area contributed by atoms with Crippen LogP contribution in [0.25, 0.3) is 6.08 Å². The summed E-state index contributed by atoms with van der Waals surface area (Å²) >= 11 is 0. The molecule has 0 aliphatic heterocycles. The van der Waals surface area contributed by atoms with Crippen LogP contribution in [0, 0.1) is 0 Å². The fourth-order valence-electron chi connectivity index (χ4n) is 1.96. The number of allylic oxidation sites excluding steroid dienone is 1. The topological polar surface area (TPSA) is 9.23 Å². The first-order valence-electron chi connectivity index (χ1n) is 6.75. The first-order chi connectivity index (χ1) is 9.29. The zero-order valence-electron chi connectivity index (χ0n) is 11.5. The summed E-state index contributed by atoms with van der Waals surface area (Å²) in [6, 6.07) is 18.7. The van der Waals surface area contributed by atoms with Crippen LogP contribution < -0.4 is 4.74 Å². The number of hydrogen-bond acceptors (Lipinski definition) is 1. The number of rotatable bonds is 5. The molecular weight excluding hydrogens is 232 g/mol. The Hall–Kier alpha value is -2.02. The third-order valence-corrected chi connectivity index (χ3v) is 3.09. The van der Waals surface area contributed by atoms with Gasteiger partial charge in [-0.05, 0) is 36.1 Å². The van der Waals surface area contributed by atoms with Gasteiger partial charge in [0.25, 0.3) is 0 Å². The molecule has 19 heavy (non-hydrogen) atoms. The third kappa shape index (κ3) is 3.99. The average molecular weight is 252 g/mol. The lowest BCUT2D eigenvalue weighted by Crippen LogP contribution is -1.90. The van der Waals surface area contributed by atoms with Crippen molar-refractivity contribution >= 4 is 6.08 Å². The molecule has 0 aliphatic rings. The van der Waals surface area contributed by atoms with Crippen LogP contribution in [0.1, 0.15) is 30.9 Å². The van der Waals surface area contributed by atoms with Crippen LogP contribution in [0.4, 0.5) is 0 Å². The Kier molecular flexibility index (Phi) is 4.79. The van der Waals surface area contributed by atoms with Crippen molar-refractivity contribution in [1.29, 1.82) is 0 Å². The van der Waals surface area contributed by atoms with Crippen LogP contribution >= 0.6 is 0 Å². The van der Waals surface area contributed by atoms with Crippen molar-refractivity contribution in [2.75, 3.05) is 6.61 Å². The number of benzene rings is 2. The second kappa shape index (κ2) is 6.79. The van der Waals surface area contributed by atoms with Gasteiger partial charge in [0, 0.05) is 0 Å². The van der Waals surface area contributed by atoms with Gasteiger partial charge >= 0.3 is 0 Å². The van der Waals surface area contributed by atoms with E-state index in [0.717, 1.165) is 5.75 Å². The van der Waals surface area contributed by atoms with E-state index in [1.54, 1.807) is 0 Å². The Balaban J connectivity index is 2.02. The molecule has 0 amide bonds. The Morgan fingerprint density at radius 3 is 2.32 bits per heavy atom. The highest BCUT2D eigenvalue weighted by molar-refractivity contribution is 5.52. The minimum absolute atomic E-state index is 0.424. The Bertz CT molecular complexity index is 511. The minimum Gasteiger partial charge on any atom is -0.494 e. The highest BCUT2D eigenvalue weighted by atomic mass is 16.5. The summed E-state index contributed by atoms with van der Waals surface area (Å²) in [6.07, 6.45) is 4.39. The first-order valence-corrected chi connectivity index (χ1v) is 6.75. The molecule has 1 nitrogen and oxygen atoms in total. The summed E-state index contributed by atoms with van der Waals surface area (Å²) in [5.41, 5.74) is 2.54. The summed E-state index contributed by atoms with van der Waals surface area (Å²) < 4.78 is 5.43. The lowest BCUT2D eigenvalue weighted by molar-refractivity contribution is 0.340. The molecule has 1 atom stereocenters. The van der Waals surface area contributed by atoms with E-state index < -0.39 is 0 Å². The molecule has 0 saturated carbocycles. The summed E-state index contributed by atoms with van der Waals surface area (Å²) in [4.78, 5) is 0. The van der Waals surface area contributed by atoms with E-state index in [-0.39, 0.29) is 0 Å². The van der Waals surface area contributed by atoms with E-state index in [0.29, 0.717) is 12.5 Å². The molecule has 2 rings (SSSR count). The number of hydrogen-bond donors (Lipinski definition) is 0. The smallest absolute Gasteiger partial charge is 0.119 e. The van der Waals surface area contributed by atoms with E-state index in [9.17, 15) is 0 Å². The second-order valence-electron chi connectivity index (χ2n) is 4.56. The predicted molar refractivity (Wildman–Crippen MR) is 81.5 cm³/mol. The normalized spacial score (nSPS) is 12.5. The molecule has 1 unspecified atom stereocenters. The molecule has 2 aromatic rings. The Morgan fingerprint density at radius 1 is 1.00 bits per heavy atom. The molecular formula is C18H20O. The van der Waals surface area contributed by atoms with Gasteiger partial charge < -0.3 is 4.74 Å². The van der Waals surface area contributed by atoms with Crippen LogP contribution in [-0.2, 0) is 0 Å². The Morgan fingerprint density at radius 2 is 1.68 bits per heavy atom. The molecule has 0 radical (unpaired) electrons. The molecule has 2 aromatic carbocycles. The average Bonchev–Trinajstić information content (AvgIpc) is 2.47. The van der Waals surface area contributed by atoms with Crippen molar-refractivity contribution in [2.24, 2.45) is 0 Å². The van der Waals surface area contributed by atoms with Crippen molar-refractivity contribution in [2.45, 2.75) is 19.8 Å². The van der Waals surface area contributed by atoms with Gasteiger partial charge in [0.1, 0.15) is 5.75 Å². The molecule has 0 bridgehead atoms. The van der Waals surface area contributed by atoms with E-state index in [2.05, 4.69) is 55.5 Å². The maximum atomic E-state index is 5.43. The summed E-state index contributed by atoms with van der Waals surface area (Å²) in [7, 11) is 0. The van der Waals surface area contributed by atoms with Gasteiger partial charge in [0.2, 0.25) is 0 Å². The van der Waals surface area contributed by atoms with Crippen molar-refractivity contribution in [3.63, 3.8) is 0 Å². The van der Waals surface area contributed by atoms with Gasteiger partial charge in [-0.1, -0.05) is 61.5 Å². The Labute approximate surface area is 115 Å². The molecule has 0 fully saturated rings. The third-order valence-electron chi connectivity index (χ3n) is 3.09. The van der Waals surface area contributed by atoms with E-state index >= 15 is 0 Å². The van der Waals surface area contributed by atoms with Crippen molar-refractivity contribution in [3.8, 4) is 5.75 Å². The summed E-state index contributed by atoms with van der Waals surface area (Å²) in [6.45, 7) is 4.91. The van der Waals surface area contributed by atoms with Crippen LogP contribution in [0.2, 0.25) is 0 Å². The van der Waals surface area contributed by atoms with Gasteiger partial charge in [0.15, 0.2) is 0 Å². The van der Waals surface area contributed by atoms with E-state index in [1.807, 2.05) is 25.1 Å². The van der Waals surface area contributed by atoms with E-state index in [4.69, 9.17) is 4.74 Å². The molecule has 0 saturated heterocycles. The highest BCUT2D eigenvalue weighted by Gasteiger charge is 1.99. The lowest BCUT2D eigenvalue weighted by atomic mass is 10.00. The van der Waals surface area contributed by atoms with Gasteiger partial charge in [-0.15, -0.1) is 0 Å². The fraction of sp³-hybridized carbons (Fsp3) is 0.222. The monoisotopic (exact) mass is 252 g/mol. The molecule has 0 aromatic heterocycles. The van der Waals surface area contributed by atoms with Gasteiger partial charge in [-0.2, -0.15) is 0 Å². The van der Waals surface area contributed by atoms with Crippen LogP contribution in [-0.4, -0.2) is 6.61 Å². The maximum absolute atomic E-state index is 5.43. The zero-order valence-corrected chi connectivity index (χ0v) is 11.5. The molecule has 0 heterocycles. The zero-order chi connectivity index (χ0) is 13.5. The molecule has 0 spiro atoms. The van der Waals surface area contributed by atoms with Crippen molar-refractivity contribution in [1.82, 2.24) is 0 Å². The fourth-order valence-corrected chi connectivity index (χ4v) is 1.96.